The summed E-state index contributed by atoms with van der Waals surface area (Å²) in [5.41, 5.74) is 7.07. The molecule has 4 nitrogen and oxygen atoms in total. The van der Waals surface area contributed by atoms with Gasteiger partial charge in [-0.1, -0.05) is 97.1 Å². The Morgan fingerprint density at radius 2 is 1.63 bits per heavy atom. The van der Waals surface area contributed by atoms with Crippen molar-refractivity contribution in [1.29, 1.82) is 0 Å². The van der Waals surface area contributed by atoms with Crippen molar-refractivity contribution in [2.24, 2.45) is 5.92 Å². The molecule has 1 saturated carbocycles. The van der Waals surface area contributed by atoms with Crippen LogP contribution in [0.1, 0.15) is 63.0 Å². The van der Waals surface area contributed by atoms with Gasteiger partial charge in [0.25, 0.3) is 0 Å². The van der Waals surface area contributed by atoms with Crippen LogP contribution in [0.5, 0.6) is 0 Å². The van der Waals surface area contributed by atoms with E-state index in [9.17, 15) is 4.79 Å². The molecule has 1 aliphatic carbocycles. The number of thioether (sulfide) groups is 1. The summed E-state index contributed by atoms with van der Waals surface area (Å²) < 4.78 is 2.34. The van der Waals surface area contributed by atoms with E-state index in [-0.39, 0.29) is 5.91 Å². The number of amides is 1. The molecule has 1 aromatic heterocycles. The highest BCUT2D eigenvalue weighted by molar-refractivity contribution is 7.99. The zero-order chi connectivity index (χ0) is 24.6. The first-order chi connectivity index (χ1) is 17.0. The molecule has 0 atom stereocenters. The number of rotatable bonds is 11. The number of carbonyl (C=O) groups excluding carboxylic acids is 1. The molecule has 1 fully saturated rings. The molecule has 0 spiro atoms. The van der Waals surface area contributed by atoms with Crippen LogP contribution < -0.4 is 5.32 Å². The highest BCUT2D eigenvalue weighted by atomic mass is 32.2. The molecule has 4 rings (SSSR count). The van der Waals surface area contributed by atoms with Gasteiger partial charge in [0.05, 0.1) is 11.4 Å². The highest BCUT2D eigenvalue weighted by Gasteiger charge is 2.20. The van der Waals surface area contributed by atoms with Gasteiger partial charge in [-0.3, -0.25) is 4.79 Å². The second-order valence-electron chi connectivity index (χ2n) is 9.81. The molecule has 2 aromatic carbocycles. The lowest BCUT2D eigenvalue weighted by molar-refractivity contribution is -0.121. The molecule has 0 aliphatic heterocycles. The Bertz CT molecular complexity index is 1100. The van der Waals surface area contributed by atoms with Gasteiger partial charge in [-0.25, -0.2) is 4.98 Å². The van der Waals surface area contributed by atoms with E-state index in [0.717, 1.165) is 54.0 Å². The summed E-state index contributed by atoms with van der Waals surface area (Å²) in [6.07, 6.45) is 7.97. The lowest BCUT2D eigenvalue weighted by Crippen LogP contribution is -2.25. The average Bonchev–Trinajstić information content (AvgIpc) is 3.51. The summed E-state index contributed by atoms with van der Waals surface area (Å²) in [4.78, 5) is 17.3. The van der Waals surface area contributed by atoms with E-state index in [1.165, 1.54) is 48.1 Å². The molecular weight excluding hydrogens is 450 g/mol. The van der Waals surface area contributed by atoms with Gasteiger partial charge >= 0.3 is 0 Å². The third kappa shape index (κ3) is 6.78. The fourth-order valence-corrected chi connectivity index (χ4v) is 5.94. The summed E-state index contributed by atoms with van der Waals surface area (Å²) in [7, 11) is 0. The Balaban J connectivity index is 1.41. The predicted molar refractivity (Wildman–Crippen MR) is 148 cm³/mol. The van der Waals surface area contributed by atoms with Crippen molar-refractivity contribution in [3.05, 3.63) is 59.7 Å². The van der Waals surface area contributed by atoms with Crippen molar-refractivity contribution >= 4 is 17.7 Å². The van der Waals surface area contributed by atoms with E-state index in [2.05, 4.69) is 79.2 Å². The van der Waals surface area contributed by atoms with Crippen molar-refractivity contribution in [2.45, 2.75) is 77.4 Å². The summed E-state index contributed by atoms with van der Waals surface area (Å²) in [5, 5.41) is 4.17. The van der Waals surface area contributed by atoms with Gasteiger partial charge in [0.15, 0.2) is 5.16 Å². The van der Waals surface area contributed by atoms with Gasteiger partial charge in [0.2, 0.25) is 5.91 Å². The fourth-order valence-electron chi connectivity index (χ4n) is 4.94. The Morgan fingerprint density at radius 3 is 2.26 bits per heavy atom. The van der Waals surface area contributed by atoms with Crippen molar-refractivity contribution in [3.8, 4) is 22.5 Å². The zero-order valence-corrected chi connectivity index (χ0v) is 22.3. The largest absolute Gasteiger partial charge is 0.356 e. The lowest BCUT2D eigenvalue weighted by Gasteiger charge is -2.11. The smallest absolute Gasteiger partial charge is 0.220 e. The minimum absolute atomic E-state index is 0.209. The van der Waals surface area contributed by atoms with E-state index in [1.54, 1.807) is 11.8 Å². The van der Waals surface area contributed by atoms with Crippen LogP contribution in [0.4, 0.5) is 0 Å². The minimum Gasteiger partial charge on any atom is -0.356 e. The summed E-state index contributed by atoms with van der Waals surface area (Å²) >= 11 is 1.79. The van der Waals surface area contributed by atoms with Gasteiger partial charge in [-0.2, -0.15) is 0 Å². The van der Waals surface area contributed by atoms with Crippen LogP contribution in [0.25, 0.3) is 22.5 Å². The number of hydrogen-bond acceptors (Lipinski definition) is 3. The summed E-state index contributed by atoms with van der Waals surface area (Å²) in [6.45, 7) is 8.02. The van der Waals surface area contributed by atoms with E-state index >= 15 is 0 Å². The normalized spacial score (nSPS) is 13.9. The molecule has 1 amide bonds. The summed E-state index contributed by atoms with van der Waals surface area (Å²) in [5.74, 6) is 1.91. The van der Waals surface area contributed by atoms with Crippen molar-refractivity contribution in [2.75, 3.05) is 12.3 Å². The zero-order valence-electron chi connectivity index (χ0n) is 21.5. The maximum absolute atomic E-state index is 12.2. The van der Waals surface area contributed by atoms with Crippen LogP contribution in [-0.4, -0.2) is 27.8 Å². The number of nitrogens with one attached hydrogen (secondary N) is 1. The number of nitrogens with zero attached hydrogens (tertiary/aromatic N) is 2. The molecule has 1 heterocycles. The molecule has 3 aromatic rings. The Morgan fingerprint density at radius 1 is 1.00 bits per heavy atom. The minimum atomic E-state index is 0.209. The topological polar surface area (TPSA) is 46.9 Å². The van der Waals surface area contributed by atoms with Crippen LogP contribution >= 0.6 is 11.8 Å². The highest BCUT2D eigenvalue weighted by Crippen LogP contribution is 2.36. The maximum atomic E-state index is 12.2. The standard InChI is InChI=1S/C30H39N3OS/c1-4-33-29(26-17-12-23(3)13-18-26)28(25-15-10-22(2)11-16-25)32-30(33)35-21-7-20-31-27(34)19-14-24-8-5-6-9-24/h10-13,15-18,24H,4-9,14,19-21H2,1-3H3,(H,31,34). The number of imidazole rings is 1. The fraction of sp³-hybridized carbons (Fsp3) is 0.467. The lowest BCUT2D eigenvalue weighted by atomic mass is 10.0. The first-order valence-electron chi connectivity index (χ1n) is 13.2. The Kier molecular flexibility index (Phi) is 9.08. The van der Waals surface area contributed by atoms with Gasteiger partial charge in [0.1, 0.15) is 0 Å². The molecule has 0 bridgehead atoms. The van der Waals surface area contributed by atoms with E-state index in [1.807, 2.05) is 0 Å². The average molecular weight is 490 g/mol. The molecular formula is C30H39N3OS. The molecule has 0 saturated heterocycles. The summed E-state index contributed by atoms with van der Waals surface area (Å²) in [6, 6.07) is 17.4. The molecule has 0 unspecified atom stereocenters. The van der Waals surface area contributed by atoms with Gasteiger partial charge in [-0.05, 0) is 39.5 Å². The number of aromatic nitrogens is 2. The molecule has 186 valence electrons. The number of aryl methyl sites for hydroxylation is 2. The molecule has 0 radical (unpaired) electrons. The van der Waals surface area contributed by atoms with Gasteiger partial charge < -0.3 is 9.88 Å². The SMILES string of the molecule is CCn1c(SCCCNC(=O)CCC2CCCC2)nc(-c2ccc(C)cc2)c1-c1ccc(C)cc1. The predicted octanol–water partition coefficient (Wildman–Crippen LogP) is 7.42. The quantitative estimate of drug-likeness (QED) is 0.225. The van der Waals surface area contributed by atoms with Crippen LogP contribution in [-0.2, 0) is 11.3 Å². The third-order valence-corrected chi connectivity index (χ3v) is 8.09. The number of hydrogen-bond donors (Lipinski definition) is 1. The van der Waals surface area contributed by atoms with Gasteiger partial charge in [0, 0.05) is 36.4 Å². The van der Waals surface area contributed by atoms with Crippen LogP contribution in [0, 0.1) is 19.8 Å². The van der Waals surface area contributed by atoms with E-state index < -0.39 is 0 Å². The van der Waals surface area contributed by atoms with Crippen LogP contribution in [0.2, 0.25) is 0 Å². The van der Waals surface area contributed by atoms with E-state index in [0.29, 0.717) is 6.42 Å². The first kappa shape index (κ1) is 25.6. The first-order valence-corrected chi connectivity index (χ1v) is 14.2. The van der Waals surface area contributed by atoms with Crippen molar-refractivity contribution < 1.29 is 4.79 Å². The van der Waals surface area contributed by atoms with E-state index in [4.69, 9.17) is 4.98 Å². The van der Waals surface area contributed by atoms with Crippen LogP contribution in [0.15, 0.2) is 53.7 Å². The van der Waals surface area contributed by atoms with Crippen molar-refractivity contribution in [3.63, 3.8) is 0 Å². The van der Waals surface area contributed by atoms with Crippen LogP contribution in [0.3, 0.4) is 0 Å². The second kappa shape index (κ2) is 12.4. The monoisotopic (exact) mass is 489 g/mol. The number of benzene rings is 2. The molecule has 5 heteroatoms. The van der Waals surface area contributed by atoms with Gasteiger partial charge in [-0.15, -0.1) is 0 Å². The maximum Gasteiger partial charge on any atom is 0.220 e. The molecule has 1 N–H and O–H groups in total. The number of carbonyl (C=O) groups is 1. The van der Waals surface area contributed by atoms with Crippen molar-refractivity contribution in [1.82, 2.24) is 14.9 Å². The Hall–Kier alpha value is -2.53. The molecule has 1 aliphatic rings. The second-order valence-corrected chi connectivity index (χ2v) is 10.9. The Labute approximate surface area is 214 Å². The molecule has 35 heavy (non-hydrogen) atoms. The third-order valence-electron chi connectivity index (χ3n) is 7.03.